The molecule has 0 aliphatic carbocycles. The van der Waals surface area contributed by atoms with E-state index in [1.54, 1.807) is 43.5 Å². The molecule has 1 aliphatic rings. The van der Waals surface area contributed by atoms with E-state index >= 15 is 0 Å². The number of rotatable bonds is 5. The number of carbonyl (C=O) groups is 2. The molecule has 1 N–H and O–H groups in total. The predicted octanol–water partition coefficient (Wildman–Crippen LogP) is 2.86. The highest BCUT2D eigenvalue weighted by Crippen LogP contribution is 2.30. The fourth-order valence-electron chi connectivity index (χ4n) is 2.65. The van der Waals surface area contributed by atoms with Gasteiger partial charge in [-0.1, -0.05) is 23.8 Å². The molecular formula is C20H20N2O4. The maximum Gasteiger partial charge on any atom is 0.282 e. The maximum absolute atomic E-state index is 12.6. The van der Waals surface area contributed by atoms with Crippen LogP contribution in [0.1, 0.15) is 18.1 Å². The summed E-state index contributed by atoms with van der Waals surface area (Å²) >= 11 is 0. The van der Waals surface area contributed by atoms with E-state index < -0.39 is 11.8 Å². The van der Waals surface area contributed by atoms with Gasteiger partial charge >= 0.3 is 0 Å². The van der Waals surface area contributed by atoms with Crippen LogP contribution in [0.5, 0.6) is 11.5 Å². The first kappa shape index (κ1) is 17.5. The van der Waals surface area contributed by atoms with Crippen LogP contribution in [0.4, 0.5) is 5.69 Å². The summed E-state index contributed by atoms with van der Waals surface area (Å²) in [4.78, 5) is 24.9. The zero-order chi connectivity index (χ0) is 18.7. The number of benzene rings is 2. The Morgan fingerprint density at radius 3 is 2.46 bits per heavy atom. The number of hydrazine groups is 1. The Bertz CT molecular complexity index is 872. The Balaban J connectivity index is 1.90. The molecule has 0 spiro atoms. The van der Waals surface area contributed by atoms with Crippen LogP contribution >= 0.6 is 0 Å². The Morgan fingerprint density at radius 2 is 1.81 bits per heavy atom. The van der Waals surface area contributed by atoms with E-state index in [1.165, 1.54) is 5.01 Å². The lowest BCUT2D eigenvalue weighted by molar-refractivity contribution is -0.117. The molecule has 1 aliphatic heterocycles. The minimum atomic E-state index is -0.441. The molecule has 134 valence electrons. The number of hydrogen-bond donors (Lipinski definition) is 1. The first-order valence-corrected chi connectivity index (χ1v) is 8.28. The summed E-state index contributed by atoms with van der Waals surface area (Å²) in [5.41, 5.74) is 5.02. The molecular weight excluding hydrogens is 332 g/mol. The quantitative estimate of drug-likeness (QED) is 0.664. The molecule has 0 unspecified atom stereocenters. The highest BCUT2D eigenvalue weighted by molar-refractivity contribution is 6.31. The summed E-state index contributed by atoms with van der Waals surface area (Å²) in [5.74, 6) is 0.318. The topological polar surface area (TPSA) is 67.9 Å². The zero-order valence-corrected chi connectivity index (χ0v) is 14.9. The number of aryl methyl sites for hydroxylation is 1. The molecule has 0 radical (unpaired) electrons. The average Bonchev–Trinajstić information content (AvgIpc) is 2.92. The standard InChI is InChI=1S/C20H20N2O4/c1-4-26-17-10-7-14(12-18(17)25-3)11-16-19(23)21-22(20(16)24)15-8-5-13(2)6-9-15/h5-12H,4H2,1-3H3,(H,21,23). The van der Waals surface area contributed by atoms with Gasteiger partial charge in [-0.2, -0.15) is 0 Å². The van der Waals surface area contributed by atoms with E-state index in [-0.39, 0.29) is 5.57 Å². The lowest BCUT2D eigenvalue weighted by atomic mass is 10.1. The molecule has 2 amide bonds. The highest BCUT2D eigenvalue weighted by atomic mass is 16.5. The van der Waals surface area contributed by atoms with Crippen molar-refractivity contribution in [3.63, 3.8) is 0 Å². The van der Waals surface area contributed by atoms with Crippen molar-refractivity contribution in [1.29, 1.82) is 0 Å². The van der Waals surface area contributed by atoms with Crippen LogP contribution in [0, 0.1) is 6.92 Å². The van der Waals surface area contributed by atoms with E-state index in [4.69, 9.17) is 9.47 Å². The van der Waals surface area contributed by atoms with Gasteiger partial charge < -0.3 is 9.47 Å². The van der Waals surface area contributed by atoms with Gasteiger partial charge in [0.2, 0.25) is 0 Å². The highest BCUT2D eigenvalue weighted by Gasteiger charge is 2.34. The summed E-state index contributed by atoms with van der Waals surface area (Å²) < 4.78 is 10.8. The molecule has 3 rings (SSSR count). The first-order valence-electron chi connectivity index (χ1n) is 8.28. The molecule has 0 aromatic heterocycles. The molecule has 2 aromatic rings. The maximum atomic E-state index is 12.6. The van der Waals surface area contributed by atoms with Crippen LogP contribution in [-0.4, -0.2) is 25.5 Å². The smallest absolute Gasteiger partial charge is 0.282 e. The van der Waals surface area contributed by atoms with E-state index in [0.29, 0.717) is 29.4 Å². The molecule has 2 aromatic carbocycles. The Morgan fingerprint density at radius 1 is 1.08 bits per heavy atom. The molecule has 26 heavy (non-hydrogen) atoms. The van der Waals surface area contributed by atoms with Crippen molar-refractivity contribution in [3.05, 3.63) is 59.2 Å². The van der Waals surface area contributed by atoms with Crippen LogP contribution in [0.25, 0.3) is 6.08 Å². The van der Waals surface area contributed by atoms with Crippen molar-refractivity contribution in [2.45, 2.75) is 13.8 Å². The van der Waals surface area contributed by atoms with Gasteiger partial charge in [0.15, 0.2) is 11.5 Å². The van der Waals surface area contributed by atoms with E-state index in [0.717, 1.165) is 5.56 Å². The molecule has 0 saturated carbocycles. The van der Waals surface area contributed by atoms with Crippen LogP contribution in [-0.2, 0) is 9.59 Å². The largest absolute Gasteiger partial charge is 0.493 e. The van der Waals surface area contributed by atoms with Crippen molar-refractivity contribution in [1.82, 2.24) is 5.43 Å². The van der Waals surface area contributed by atoms with Crippen molar-refractivity contribution < 1.29 is 19.1 Å². The van der Waals surface area contributed by atoms with Crippen molar-refractivity contribution in [3.8, 4) is 11.5 Å². The van der Waals surface area contributed by atoms with Crippen LogP contribution in [0.3, 0.4) is 0 Å². The van der Waals surface area contributed by atoms with Gasteiger partial charge in [-0.25, -0.2) is 5.01 Å². The predicted molar refractivity (Wildman–Crippen MR) is 98.9 cm³/mol. The van der Waals surface area contributed by atoms with Crippen molar-refractivity contribution in [2.24, 2.45) is 0 Å². The molecule has 0 atom stereocenters. The Labute approximate surface area is 152 Å². The van der Waals surface area contributed by atoms with Gasteiger partial charge in [-0.3, -0.25) is 15.0 Å². The number of methoxy groups -OCH3 is 1. The van der Waals surface area contributed by atoms with Crippen LogP contribution in [0.15, 0.2) is 48.0 Å². The van der Waals surface area contributed by atoms with E-state index in [9.17, 15) is 9.59 Å². The van der Waals surface area contributed by atoms with Gasteiger partial charge in [-0.05, 0) is 49.8 Å². The average molecular weight is 352 g/mol. The summed E-state index contributed by atoms with van der Waals surface area (Å²) in [5, 5.41) is 1.25. The van der Waals surface area contributed by atoms with Gasteiger partial charge in [0.05, 0.1) is 19.4 Å². The normalized spacial score (nSPS) is 15.3. The lowest BCUT2D eigenvalue weighted by Gasteiger charge is -2.14. The molecule has 1 saturated heterocycles. The van der Waals surface area contributed by atoms with Crippen molar-refractivity contribution in [2.75, 3.05) is 18.7 Å². The second-order valence-corrected chi connectivity index (χ2v) is 5.82. The third-order valence-corrected chi connectivity index (χ3v) is 3.98. The second kappa shape index (κ2) is 7.31. The summed E-state index contributed by atoms with van der Waals surface area (Å²) in [6, 6.07) is 12.6. The van der Waals surface area contributed by atoms with Gasteiger partial charge in [0.1, 0.15) is 5.57 Å². The zero-order valence-electron chi connectivity index (χ0n) is 14.9. The van der Waals surface area contributed by atoms with Gasteiger partial charge in [0, 0.05) is 0 Å². The minimum Gasteiger partial charge on any atom is -0.493 e. The number of nitrogens with zero attached hydrogens (tertiary/aromatic N) is 1. The van der Waals surface area contributed by atoms with Crippen LogP contribution < -0.4 is 19.9 Å². The van der Waals surface area contributed by atoms with Gasteiger partial charge in [-0.15, -0.1) is 0 Å². The second-order valence-electron chi connectivity index (χ2n) is 5.82. The minimum absolute atomic E-state index is 0.0665. The Hall–Kier alpha value is -3.28. The number of carbonyl (C=O) groups excluding carboxylic acids is 2. The molecule has 1 fully saturated rings. The molecule has 1 heterocycles. The molecule has 0 bridgehead atoms. The molecule has 6 nitrogen and oxygen atoms in total. The lowest BCUT2D eigenvalue weighted by Crippen LogP contribution is -2.35. The number of anilines is 1. The fourth-order valence-corrected chi connectivity index (χ4v) is 2.65. The summed E-state index contributed by atoms with van der Waals surface area (Å²) in [6.07, 6.45) is 1.55. The van der Waals surface area contributed by atoms with Gasteiger partial charge in [0.25, 0.3) is 11.8 Å². The Kier molecular flexibility index (Phi) is 4.93. The summed E-state index contributed by atoms with van der Waals surface area (Å²) in [6.45, 7) is 4.36. The number of ether oxygens (including phenoxy) is 2. The van der Waals surface area contributed by atoms with Crippen molar-refractivity contribution >= 4 is 23.6 Å². The first-order chi connectivity index (χ1) is 12.5. The fraction of sp³-hybridized carbons (Fsp3) is 0.200. The molecule has 6 heteroatoms. The third kappa shape index (κ3) is 3.39. The SMILES string of the molecule is CCOc1ccc(C=C2C(=O)NN(c3ccc(C)cc3)C2=O)cc1OC. The number of hydrogen-bond acceptors (Lipinski definition) is 4. The third-order valence-electron chi connectivity index (χ3n) is 3.98. The van der Waals surface area contributed by atoms with Crippen LogP contribution in [0.2, 0.25) is 0 Å². The summed E-state index contributed by atoms with van der Waals surface area (Å²) in [7, 11) is 1.54. The number of nitrogens with one attached hydrogen (secondary N) is 1. The van der Waals surface area contributed by atoms with E-state index in [2.05, 4.69) is 5.43 Å². The van der Waals surface area contributed by atoms with E-state index in [1.807, 2.05) is 26.0 Å². The number of amides is 2. The monoisotopic (exact) mass is 352 g/mol.